The van der Waals surface area contributed by atoms with Gasteiger partial charge in [0.15, 0.2) is 11.4 Å². The Labute approximate surface area is 168 Å². The molecule has 154 valence electrons. The maximum Gasteiger partial charge on any atom is 0.270 e. The molecule has 1 aliphatic carbocycles. The van der Waals surface area contributed by atoms with Crippen LogP contribution in [0.15, 0.2) is 18.3 Å². The molecule has 5 nitrogen and oxygen atoms in total. The van der Waals surface area contributed by atoms with E-state index in [9.17, 15) is 4.79 Å². The SMILES string of the molecule is CCOc1cccn2c(C(=O)NC3CCCCCCCCCCC3)c(C)nc12. The number of nitrogens with zero attached hydrogens (tertiary/aromatic N) is 2. The second-order valence-corrected chi connectivity index (χ2v) is 7.97. The molecule has 0 radical (unpaired) electrons. The van der Waals surface area contributed by atoms with E-state index in [1.54, 1.807) is 0 Å². The molecule has 28 heavy (non-hydrogen) atoms. The third-order valence-corrected chi connectivity index (χ3v) is 5.74. The summed E-state index contributed by atoms with van der Waals surface area (Å²) in [5.41, 5.74) is 2.09. The molecule has 5 heteroatoms. The molecule has 1 aliphatic rings. The van der Waals surface area contributed by atoms with Gasteiger partial charge in [0.2, 0.25) is 0 Å². The van der Waals surface area contributed by atoms with Gasteiger partial charge in [0, 0.05) is 12.2 Å². The van der Waals surface area contributed by atoms with Crippen LogP contribution in [0.3, 0.4) is 0 Å². The van der Waals surface area contributed by atoms with Gasteiger partial charge >= 0.3 is 0 Å². The Balaban J connectivity index is 1.73. The fourth-order valence-electron chi connectivity index (χ4n) is 4.26. The topological polar surface area (TPSA) is 55.6 Å². The molecule has 0 aliphatic heterocycles. The number of nitrogens with one attached hydrogen (secondary N) is 1. The molecule has 0 aromatic carbocycles. The van der Waals surface area contributed by atoms with Gasteiger partial charge in [-0.3, -0.25) is 9.20 Å². The zero-order valence-electron chi connectivity index (χ0n) is 17.5. The first-order chi connectivity index (χ1) is 13.7. The van der Waals surface area contributed by atoms with Gasteiger partial charge in [-0.1, -0.05) is 57.8 Å². The van der Waals surface area contributed by atoms with Gasteiger partial charge in [-0.15, -0.1) is 0 Å². The summed E-state index contributed by atoms with van der Waals surface area (Å²) >= 11 is 0. The predicted octanol–water partition coefficient (Wildman–Crippen LogP) is 5.44. The van der Waals surface area contributed by atoms with Crippen LogP contribution in [0.5, 0.6) is 5.75 Å². The Hall–Kier alpha value is -2.04. The van der Waals surface area contributed by atoms with E-state index in [-0.39, 0.29) is 11.9 Å². The van der Waals surface area contributed by atoms with E-state index in [2.05, 4.69) is 10.3 Å². The molecule has 2 aromatic heterocycles. The summed E-state index contributed by atoms with van der Waals surface area (Å²) in [5, 5.41) is 3.32. The molecule has 1 saturated carbocycles. The molecule has 0 saturated heterocycles. The number of aryl methyl sites for hydroxylation is 1. The molecule has 1 amide bonds. The highest BCUT2D eigenvalue weighted by Gasteiger charge is 2.21. The number of hydrogen-bond donors (Lipinski definition) is 1. The van der Waals surface area contributed by atoms with Crippen molar-refractivity contribution in [2.45, 2.75) is 90.5 Å². The molecular weight excluding hydrogens is 350 g/mol. The monoisotopic (exact) mass is 385 g/mol. The summed E-state index contributed by atoms with van der Waals surface area (Å²) < 4.78 is 7.55. The molecule has 2 heterocycles. The fraction of sp³-hybridized carbons (Fsp3) is 0.652. The van der Waals surface area contributed by atoms with Crippen LogP contribution in [0, 0.1) is 6.92 Å². The maximum atomic E-state index is 13.1. The molecule has 1 fully saturated rings. The van der Waals surface area contributed by atoms with E-state index in [4.69, 9.17) is 4.74 Å². The minimum Gasteiger partial charge on any atom is -0.490 e. The number of carbonyl (C=O) groups excluding carboxylic acids is 1. The van der Waals surface area contributed by atoms with Gasteiger partial charge in [0.1, 0.15) is 5.69 Å². The fourth-order valence-corrected chi connectivity index (χ4v) is 4.26. The van der Waals surface area contributed by atoms with Crippen molar-refractivity contribution in [2.75, 3.05) is 6.61 Å². The Morgan fingerprint density at radius 1 is 1.11 bits per heavy atom. The molecule has 0 bridgehead atoms. The number of fused-ring (bicyclic) bond motifs is 1. The van der Waals surface area contributed by atoms with Crippen LogP contribution in [-0.2, 0) is 0 Å². The number of imidazole rings is 1. The Bertz CT molecular complexity index is 757. The van der Waals surface area contributed by atoms with Crippen molar-refractivity contribution in [3.05, 3.63) is 29.7 Å². The van der Waals surface area contributed by atoms with Crippen LogP contribution in [-0.4, -0.2) is 27.9 Å². The normalized spacial score (nSPS) is 17.6. The summed E-state index contributed by atoms with van der Waals surface area (Å²) in [6.45, 7) is 4.43. The molecule has 0 spiro atoms. The van der Waals surface area contributed by atoms with Crippen LogP contribution in [0.4, 0.5) is 0 Å². The van der Waals surface area contributed by atoms with E-state index >= 15 is 0 Å². The highest BCUT2D eigenvalue weighted by atomic mass is 16.5. The molecule has 0 atom stereocenters. The van der Waals surface area contributed by atoms with Crippen LogP contribution >= 0.6 is 0 Å². The van der Waals surface area contributed by atoms with E-state index in [0.717, 1.165) is 24.3 Å². The lowest BCUT2D eigenvalue weighted by atomic mass is 9.98. The molecule has 1 N–H and O–H groups in total. The second kappa shape index (κ2) is 10.5. The number of hydrogen-bond acceptors (Lipinski definition) is 3. The zero-order chi connectivity index (χ0) is 19.8. The van der Waals surface area contributed by atoms with Crippen molar-refractivity contribution < 1.29 is 9.53 Å². The first kappa shape index (κ1) is 20.7. The van der Waals surface area contributed by atoms with Crippen LogP contribution in [0.25, 0.3) is 5.65 Å². The average Bonchev–Trinajstić information content (AvgIpc) is 3.01. The second-order valence-electron chi connectivity index (χ2n) is 7.97. The third kappa shape index (κ3) is 5.27. The number of amides is 1. The minimum absolute atomic E-state index is 0.0178. The molecule has 2 aromatic rings. The zero-order valence-corrected chi connectivity index (χ0v) is 17.5. The Morgan fingerprint density at radius 2 is 1.71 bits per heavy atom. The predicted molar refractivity (Wildman–Crippen MR) is 113 cm³/mol. The summed E-state index contributed by atoms with van der Waals surface area (Å²) in [6.07, 6.45) is 15.8. The summed E-state index contributed by atoms with van der Waals surface area (Å²) in [7, 11) is 0. The molecular formula is C23H35N3O2. The van der Waals surface area contributed by atoms with Crippen LogP contribution < -0.4 is 10.1 Å². The van der Waals surface area contributed by atoms with Gasteiger partial charge in [-0.2, -0.15) is 0 Å². The Morgan fingerprint density at radius 3 is 2.32 bits per heavy atom. The van der Waals surface area contributed by atoms with Crippen molar-refractivity contribution in [2.24, 2.45) is 0 Å². The maximum absolute atomic E-state index is 13.1. The highest BCUT2D eigenvalue weighted by Crippen LogP contribution is 2.23. The lowest BCUT2D eigenvalue weighted by molar-refractivity contribution is 0.0924. The van der Waals surface area contributed by atoms with Crippen molar-refractivity contribution in [3.63, 3.8) is 0 Å². The minimum atomic E-state index is -0.0178. The van der Waals surface area contributed by atoms with Gasteiger partial charge in [0.25, 0.3) is 5.91 Å². The number of pyridine rings is 1. The summed E-state index contributed by atoms with van der Waals surface area (Å²) in [6, 6.07) is 4.07. The first-order valence-corrected chi connectivity index (χ1v) is 11.1. The van der Waals surface area contributed by atoms with E-state index < -0.39 is 0 Å². The van der Waals surface area contributed by atoms with Gasteiger partial charge in [0.05, 0.1) is 12.3 Å². The van der Waals surface area contributed by atoms with Crippen molar-refractivity contribution in [3.8, 4) is 5.75 Å². The molecule has 3 rings (SSSR count). The number of carbonyl (C=O) groups is 1. The summed E-state index contributed by atoms with van der Waals surface area (Å²) in [4.78, 5) is 17.7. The van der Waals surface area contributed by atoms with E-state index in [1.165, 1.54) is 57.8 Å². The van der Waals surface area contributed by atoms with Crippen LogP contribution in [0.2, 0.25) is 0 Å². The Kier molecular flexibility index (Phi) is 7.75. The summed E-state index contributed by atoms with van der Waals surface area (Å²) in [5.74, 6) is 0.703. The van der Waals surface area contributed by atoms with Gasteiger partial charge in [-0.25, -0.2) is 4.98 Å². The van der Waals surface area contributed by atoms with Crippen molar-refractivity contribution in [1.82, 2.24) is 14.7 Å². The van der Waals surface area contributed by atoms with Gasteiger partial charge < -0.3 is 10.1 Å². The highest BCUT2D eigenvalue weighted by molar-refractivity contribution is 5.95. The molecule has 0 unspecified atom stereocenters. The van der Waals surface area contributed by atoms with E-state index in [1.807, 2.05) is 36.6 Å². The smallest absolute Gasteiger partial charge is 0.270 e. The lowest BCUT2D eigenvalue weighted by Crippen LogP contribution is -2.36. The van der Waals surface area contributed by atoms with Crippen LogP contribution in [0.1, 0.15) is 93.7 Å². The first-order valence-electron chi connectivity index (χ1n) is 11.1. The van der Waals surface area contributed by atoms with E-state index in [0.29, 0.717) is 17.9 Å². The number of aromatic nitrogens is 2. The average molecular weight is 386 g/mol. The van der Waals surface area contributed by atoms with Crippen molar-refractivity contribution >= 4 is 11.6 Å². The van der Waals surface area contributed by atoms with Gasteiger partial charge in [-0.05, 0) is 38.8 Å². The third-order valence-electron chi connectivity index (χ3n) is 5.74. The largest absolute Gasteiger partial charge is 0.490 e. The van der Waals surface area contributed by atoms with Crippen molar-refractivity contribution in [1.29, 1.82) is 0 Å². The lowest BCUT2D eigenvalue weighted by Gasteiger charge is -2.19. The number of ether oxygens (including phenoxy) is 1. The standard InChI is InChI=1S/C23H35N3O2/c1-3-28-20-16-13-17-26-21(18(2)24-22(20)26)23(27)25-19-14-11-9-7-5-4-6-8-10-12-15-19/h13,16-17,19H,3-12,14-15H2,1-2H3,(H,25,27). The number of rotatable bonds is 4. The quantitative estimate of drug-likeness (QED) is 0.762.